The second-order valence-electron chi connectivity index (χ2n) is 5.31. The van der Waals surface area contributed by atoms with Gasteiger partial charge in [-0.25, -0.2) is 4.39 Å². The Morgan fingerprint density at radius 1 is 1.47 bits per heavy atom. The first-order chi connectivity index (χ1) is 9.11. The Morgan fingerprint density at radius 2 is 2.26 bits per heavy atom. The normalized spacial score (nSPS) is 23.7. The Bertz CT molecular complexity index is 425. The summed E-state index contributed by atoms with van der Waals surface area (Å²) in [6, 6.07) is 6.04. The monoisotopic (exact) mass is 328 g/mol. The van der Waals surface area contributed by atoms with E-state index in [0.29, 0.717) is 12.1 Å². The number of halogens is 2. The van der Waals surface area contributed by atoms with Gasteiger partial charge in [-0.15, -0.1) is 0 Å². The van der Waals surface area contributed by atoms with E-state index < -0.39 is 0 Å². The second-order valence-corrected chi connectivity index (χ2v) is 6.17. The van der Waals surface area contributed by atoms with Crippen LogP contribution in [0.15, 0.2) is 22.7 Å². The summed E-state index contributed by atoms with van der Waals surface area (Å²) in [6.45, 7) is 6.56. The highest BCUT2D eigenvalue weighted by Crippen LogP contribution is 2.31. The smallest absolute Gasteiger partial charge is 0.124 e. The van der Waals surface area contributed by atoms with E-state index in [0.717, 1.165) is 36.1 Å². The molecular weight excluding hydrogens is 307 g/mol. The van der Waals surface area contributed by atoms with Crippen LogP contribution in [0.25, 0.3) is 0 Å². The maximum atomic E-state index is 13.2. The highest BCUT2D eigenvalue weighted by Gasteiger charge is 2.26. The molecular formula is C15H22BrFN2. The van der Waals surface area contributed by atoms with Crippen molar-refractivity contribution in [3.63, 3.8) is 0 Å². The maximum Gasteiger partial charge on any atom is 0.124 e. The Balaban J connectivity index is 2.03. The largest absolute Gasteiger partial charge is 0.368 e. The molecule has 0 aromatic heterocycles. The minimum absolute atomic E-state index is 0.192. The van der Waals surface area contributed by atoms with E-state index in [4.69, 9.17) is 0 Å². The molecule has 0 aliphatic carbocycles. The van der Waals surface area contributed by atoms with Gasteiger partial charge in [-0.1, -0.05) is 6.92 Å². The number of piperidine rings is 1. The summed E-state index contributed by atoms with van der Waals surface area (Å²) >= 11 is 3.47. The molecule has 0 spiro atoms. The lowest BCUT2D eigenvalue weighted by Gasteiger charge is -2.40. The van der Waals surface area contributed by atoms with Gasteiger partial charge in [-0.05, 0) is 66.9 Å². The third kappa shape index (κ3) is 3.69. The van der Waals surface area contributed by atoms with Gasteiger partial charge in [-0.2, -0.15) is 0 Å². The molecule has 1 N–H and O–H groups in total. The van der Waals surface area contributed by atoms with Crippen LogP contribution in [0.2, 0.25) is 0 Å². The van der Waals surface area contributed by atoms with Gasteiger partial charge in [0, 0.05) is 23.1 Å². The summed E-state index contributed by atoms with van der Waals surface area (Å²) in [6.07, 6.45) is 3.47. The molecule has 106 valence electrons. The minimum atomic E-state index is -0.192. The van der Waals surface area contributed by atoms with Crippen molar-refractivity contribution in [1.82, 2.24) is 5.32 Å². The van der Waals surface area contributed by atoms with E-state index in [2.05, 4.69) is 40.0 Å². The number of rotatable bonds is 4. The van der Waals surface area contributed by atoms with E-state index in [1.807, 2.05) is 6.07 Å². The third-order valence-electron chi connectivity index (χ3n) is 3.78. The van der Waals surface area contributed by atoms with Crippen LogP contribution < -0.4 is 10.2 Å². The molecule has 1 heterocycles. The fourth-order valence-electron chi connectivity index (χ4n) is 2.78. The predicted molar refractivity (Wildman–Crippen MR) is 82.2 cm³/mol. The van der Waals surface area contributed by atoms with Crippen LogP contribution in [-0.2, 0) is 0 Å². The van der Waals surface area contributed by atoms with Gasteiger partial charge in [-0.3, -0.25) is 0 Å². The fourth-order valence-corrected chi connectivity index (χ4v) is 3.36. The summed E-state index contributed by atoms with van der Waals surface area (Å²) in [5.41, 5.74) is 1.10. The standard InChI is InChI=1S/C15H22BrFN2/c1-3-7-18-13-6-8-19(11(2)9-13)15-5-4-12(17)10-14(15)16/h4-5,10-11,13,18H,3,6-9H2,1-2H3. The number of hydrogen-bond donors (Lipinski definition) is 1. The summed E-state index contributed by atoms with van der Waals surface area (Å²) in [4.78, 5) is 2.37. The molecule has 1 fully saturated rings. The molecule has 2 atom stereocenters. The molecule has 2 rings (SSSR count). The quantitative estimate of drug-likeness (QED) is 0.900. The fraction of sp³-hybridized carbons (Fsp3) is 0.600. The third-order valence-corrected chi connectivity index (χ3v) is 4.41. The average molecular weight is 329 g/mol. The Kier molecular flexibility index (Phi) is 5.22. The van der Waals surface area contributed by atoms with E-state index in [-0.39, 0.29) is 5.82 Å². The van der Waals surface area contributed by atoms with Gasteiger partial charge in [0.05, 0.1) is 5.69 Å². The molecule has 2 nitrogen and oxygen atoms in total. The predicted octanol–water partition coefficient (Wildman–Crippen LogP) is 3.95. The number of anilines is 1. The van der Waals surface area contributed by atoms with Crippen LogP contribution in [0.5, 0.6) is 0 Å². The van der Waals surface area contributed by atoms with Crippen molar-refractivity contribution in [1.29, 1.82) is 0 Å². The van der Waals surface area contributed by atoms with Crippen molar-refractivity contribution in [2.24, 2.45) is 0 Å². The molecule has 0 amide bonds. The van der Waals surface area contributed by atoms with E-state index >= 15 is 0 Å². The van der Waals surface area contributed by atoms with Crippen LogP contribution in [0.1, 0.15) is 33.1 Å². The summed E-state index contributed by atoms with van der Waals surface area (Å²) in [7, 11) is 0. The molecule has 0 bridgehead atoms. The van der Waals surface area contributed by atoms with Crippen LogP contribution in [0.3, 0.4) is 0 Å². The van der Waals surface area contributed by atoms with Crippen molar-refractivity contribution in [3.05, 3.63) is 28.5 Å². The van der Waals surface area contributed by atoms with Gasteiger partial charge in [0.15, 0.2) is 0 Å². The molecule has 1 aromatic carbocycles. The molecule has 1 aromatic rings. The molecule has 1 aliphatic heterocycles. The van der Waals surface area contributed by atoms with Crippen LogP contribution >= 0.6 is 15.9 Å². The zero-order valence-corrected chi connectivity index (χ0v) is 13.2. The van der Waals surface area contributed by atoms with Crippen LogP contribution in [0.4, 0.5) is 10.1 Å². The topological polar surface area (TPSA) is 15.3 Å². The molecule has 1 saturated heterocycles. The number of hydrogen-bond acceptors (Lipinski definition) is 2. The van der Waals surface area contributed by atoms with E-state index in [1.54, 1.807) is 6.07 Å². The highest BCUT2D eigenvalue weighted by molar-refractivity contribution is 9.10. The van der Waals surface area contributed by atoms with Crippen molar-refractivity contribution in [2.45, 2.75) is 45.2 Å². The van der Waals surface area contributed by atoms with Crippen LogP contribution in [0, 0.1) is 5.82 Å². The Labute approximate surface area is 123 Å². The lowest BCUT2D eigenvalue weighted by atomic mass is 9.97. The SMILES string of the molecule is CCCNC1CCN(c2ccc(F)cc2Br)C(C)C1. The van der Waals surface area contributed by atoms with Gasteiger partial charge in [0.25, 0.3) is 0 Å². The van der Waals surface area contributed by atoms with Gasteiger partial charge >= 0.3 is 0 Å². The van der Waals surface area contributed by atoms with Crippen molar-refractivity contribution in [2.75, 3.05) is 18.0 Å². The Hall–Kier alpha value is -0.610. The van der Waals surface area contributed by atoms with E-state index in [1.165, 1.54) is 12.5 Å². The average Bonchev–Trinajstić information content (AvgIpc) is 2.37. The van der Waals surface area contributed by atoms with Gasteiger partial charge < -0.3 is 10.2 Å². The summed E-state index contributed by atoms with van der Waals surface area (Å²) in [5.74, 6) is -0.192. The van der Waals surface area contributed by atoms with Crippen molar-refractivity contribution in [3.8, 4) is 0 Å². The van der Waals surface area contributed by atoms with Crippen molar-refractivity contribution < 1.29 is 4.39 Å². The number of nitrogens with one attached hydrogen (secondary N) is 1. The highest BCUT2D eigenvalue weighted by atomic mass is 79.9. The molecule has 0 radical (unpaired) electrons. The first-order valence-corrected chi connectivity index (χ1v) is 7.86. The maximum absolute atomic E-state index is 13.2. The summed E-state index contributed by atoms with van der Waals surface area (Å²) < 4.78 is 14.0. The first kappa shape index (κ1) is 14.8. The first-order valence-electron chi connectivity index (χ1n) is 7.07. The number of benzene rings is 1. The molecule has 1 aliphatic rings. The zero-order valence-electron chi connectivity index (χ0n) is 11.6. The molecule has 0 saturated carbocycles. The molecule has 19 heavy (non-hydrogen) atoms. The van der Waals surface area contributed by atoms with Crippen LogP contribution in [-0.4, -0.2) is 25.2 Å². The van der Waals surface area contributed by atoms with Gasteiger partial charge in [0.2, 0.25) is 0 Å². The van der Waals surface area contributed by atoms with Gasteiger partial charge in [0.1, 0.15) is 5.82 Å². The second kappa shape index (κ2) is 6.71. The lowest BCUT2D eigenvalue weighted by molar-refractivity contribution is 0.368. The minimum Gasteiger partial charge on any atom is -0.368 e. The zero-order chi connectivity index (χ0) is 13.8. The lowest BCUT2D eigenvalue weighted by Crippen LogP contribution is -2.47. The molecule has 4 heteroatoms. The number of nitrogens with zero attached hydrogens (tertiary/aromatic N) is 1. The Morgan fingerprint density at radius 3 is 2.89 bits per heavy atom. The summed E-state index contributed by atoms with van der Waals surface area (Å²) in [5, 5.41) is 3.60. The van der Waals surface area contributed by atoms with E-state index in [9.17, 15) is 4.39 Å². The van der Waals surface area contributed by atoms with Crippen molar-refractivity contribution >= 4 is 21.6 Å². The molecule has 2 unspecified atom stereocenters.